The van der Waals surface area contributed by atoms with Crippen molar-refractivity contribution >= 4 is 15.8 Å². The highest BCUT2D eigenvalue weighted by molar-refractivity contribution is 7.89. The lowest BCUT2D eigenvalue weighted by atomic mass is 10.3. The molecule has 0 bridgehead atoms. The zero-order valence-corrected chi connectivity index (χ0v) is 12.7. The van der Waals surface area contributed by atoms with E-state index in [2.05, 4.69) is 25.0 Å². The molecule has 0 unspecified atom stereocenters. The Bertz CT molecular complexity index is 655. The molecule has 21 heavy (non-hydrogen) atoms. The maximum Gasteiger partial charge on any atom is 0.240 e. The molecule has 2 rings (SSSR count). The van der Waals surface area contributed by atoms with E-state index in [9.17, 15) is 8.42 Å². The summed E-state index contributed by atoms with van der Waals surface area (Å²) in [4.78, 5) is 11.3. The molecule has 8 heteroatoms. The molecule has 0 atom stereocenters. The van der Waals surface area contributed by atoms with Gasteiger partial charge < -0.3 is 10.3 Å². The topological polar surface area (TPSA) is 99.8 Å². The van der Waals surface area contributed by atoms with Gasteiger partial charge in [-0.1, -0.05) is 0 Å². The van der Waals surface area contributed by atoms with Gasteiger partial charge in [-0.05, 0) is 19.4 Å². The number of aromatic amines is 1. The molecule has 0 radical (unpaired) electrons. The van der Waals surface area contributed by atoms with E-state index in [0.29, 0.717) is 31.7 Å². The largest absolute Gasteiger partial charge is 0.370 e. The van der Waals surface area contributed by atoms with Crippen LogP contribution in [0.5, 0.6) is 0 Å². The van der Waals surface area contributed by atoms with E-state index < -0.39 is 10.0 Å². The molecule has 3 N–H and O–H groups in total. The van der Waals surface area contributed by atoms with Crippen molar-refractivity contribution in [3.8, 4) is 0 Å². The molecule has 2 aromatic heterocycles. The molecule has 0 aliphatic carbocycles. The molecule has 0 fully saturated rings. The van der Waals surface area contributed by atoms with E-state index in [1.54, 1.807) is 12.4 Å². The highest BCUT2D eigenvalue weighted by atomic mass is 32.2. The number of pyridine rings is 1. The number of aromatic nitrogens is 3. The van der Waals surface area contributed by atoms with Gasteiger partial charge in [0, 0.05) is 44.2 Å². The predicted molar refractivity (Wildman–Crippen MR) is 80.5 cm³/mol. The van der Waals surface area contributed by atoms with E-state index >= 15 is 0 Å². The minimum absolute atomic E-state index is 0.214. The van der Waals surface area contributed by atoms with Crippen LogP contribution in [0.25, 0.3) is 0 Å². The molecule has 2 aromatic rings. The number of nitrogens with one attached hydrogen (secondary N) is 3. The first-order valence-corrected chi connectivity index (χ1v) is 8.28. The molecule has 7 nitrogen and oxygen atoms in total. The van der Waals surface area contributed by atoms with Crippen LogP contribution in [-0.2, 0) is 16.4 Å². The van der Waals surface area contributed by atoms with Crippen molar-refractivity contribution in [1.29, 1.82) is 0 Å². The number of H-pyrrole nitrogens is 1. The molecule has 0 amide bonds. The number of rotatable bonds is 8. The molecular weight excluding hydrogens is 290 g/mol. The van der Waals surface area contributed by atoms with Gasteiger partial charge in [0.25, 0.3) is 0 Å². The first kappa shape index (κ1) is 15.5. The molecule has 0 aliphatic rings. The van der Waals surface area contributed by atoms with Crippen LogP contribution in [0.3, 0.4) is 0 Å². The Morgan fingerprint density at radius 2 is 2.14 bits per heavy atom. The van der Waals surface area contributed by atoms with Crippen LogP contribution in [0.15, 0.2) is 35.6 Å². The molecule has 0 saturated heterocycles. The summed E-state index contributed by atoms with van der Waals surface area (Å²) in [5, 5.41) is 2.99. The van der Waals surface area contributed by atoms with E-state index in [-0.39, 0.29) is 4.90 Å². The van der Waals surface area contributed by atoms with Crippen LogP contribution in [0, 0.1) is 0 Å². The quantitative estimate of drug-likeness (QED) is 0.635. The van der Waals surface area contributed by atoms with Gasteiger partial charge >= 0.3 is 0 Å². The lowest BCUT2D eigenvalue weighted by Crippen LogP contribution is -2.25. The monoisotopic (exact) mass is 309 g/mol. The van der Waals surface area contributed by atoms with Gasteiger partial charge in [0.2, 0.25) is 10.0 Å². The lowest BCUT2D eigenvalue weighted by molar-refractivity contribution is 0.578. The summed E-state index contributed by atoms with van der Waals surface area (Å²) in [5.41, 5.74) is 0. The van der Waals surface area contributed by atoms with Crippen molar-refractivity contribution in [3.05, 3.63) is 36.5 Å². The Labute approximate surface area is 124 Å². The maximum atomic E-state index is 12.2. The third-order valence-electron chi connectivity index (χ3n) is 2.84. The standard InChI is InChI=1S/C13H19N5O2S/c1-2-14-13-10-11(5-7-15-13)21(19,20)18-6-3-4-12-16-8-9-17-12/h5,7-10,18H,2-4,6H2,1H3,(H,14,15)(H,16,17). The molecule has 114 valence electrons. The Morgan fingerprint density at radius 3 is 2.86 bits per heavy atom. The SMILES string of the molecule is CCNc1cc(S(=O)(=O)NCCCc2ncc[nH]2)ccn1. The van der Waals surface area contributed by atoms with Crippen molar-refractivity contribution < 1.29 is 8.42 Å². The van der Waals surface area contributed by atoms with E-state index in [1.807, 2.05) is 6.92 Å². The van der Waals surface area contributed by atoms with Gasteiger partial charge in [0.1, 0.15) is 11.6 Å². The zero-order valence-electron chi connectivity index (χ0n) is 11.8. The van der Waals surface area contributed by atoms with Crippen molar-refractivity contribution in [2.75, 3.05) is 18.4 Å². The van der Waals surface area contributed by atoms with Crippen LogP contribution >= 0.6 is 0 Å². The summed E-state index contributed by atoms with van der Waals surface area (Å²) in [7, 11) is -3.50. The highest BCUT2D eigenvalue weighted by Gasteiger charge is 2.14. The number of nitrogens with zero attached hydrogens (tertiary/aromatic N) is 2. The number of hydrogen-bond acceptors (Lipinski definition) is 5. The Kier molecular flexibility index (Phi) is 5.29. The van der Waals surface area contributed by atoms with Crippen molar-refractivity contribution in [3.63, 3.8) is 0 Å². The van der Waals surface area contributed by atoms with E-state index in [0.717, 1.165) is 5.82 Å². The first-order valence-electron chi connectivity index (χ1n) is 6.79. The normalized spacial score (nSPS) is 11.5. The molecule has 2 heterocycles. The number of sulfonamides is 1. The number of imidazole rings is 1. The van der Waals surface area contributed by atoms with E-state index in [4.69, 9.17) is 0 Å². The second-order valence-electron chi connectivity index (χ2n) is 4.44. The second-order valence-corrected chi connectivity index (χ2v) is 6.21. The average Bonchev–Trinajstić information content (AvgIpc) is 2.98. The summed E-state index contributed by atoms with van der Waals surface area (Å²) < 4.78 is 26.9. The Morgan fingerprint density at radius 1 is 1.29 bits per heavy atom. The third kappa shape index (κ3) is 4.54. The molecule has 0 saturated carbocycles. The Balaban J connectivity index is 1.90. The predicted octanol–water partition coefficient (Wildman–Crippen LogP) is 1.15. The average molecular weight is 309 g/mol. The van der Waals surface area contributed by atoms with Crippen LogP contribution in [0.1, 0.15) is 19.2 Å². The summed E-state index contributed by atoms with van der Waals surface area (Å²) in [6, 6.07) is 3.01. The fourth-order valence-electron chi connectivity index (χ4n) is 1.84. The van der Waals surface area contributed by atoms with Gasteiger partial charge in [-0.3, -0.25) is 0 Å². The van der Waals surface area contributed by atoms with Crippen LogP contribution in [0.4, 0.5) is 5.82 Å². The van der Waals surface area contributed by atoms with Gasteiger partial charge in [-0.15, -0.1) is 0 Å². The van der Waals surface area contributed by atoms with Gasteiger partial charge in [-0.25, -0.2) is 23.1 Å². The molecule has 0 spiro atoms. The van der Waals surface area contributed by atoms with Crippen LogP contribution < -0.4 is 10.0 Å². The lowest BCUT2D eigenvalue weighted by Gasteiger charge is -2.08. The van der Waals surface area contributed by atoms with E-state index in [1.165, 1.54) is 18.3 Å². The molecule has 0 aromatic carbocycles. The fourth-order valence-corrected chi connectivity index (χ4v) is 2.92. The summed E-state index contributed by atoms with van der Waals surface area (Å²) in [6.45, 7) is 2.98. The van der Waals surface area contributed by atoms with Gasteiger partial charge in [0.15, 0.2) is 0 Å². The van der Waals surface area contributed by atoms with Crippen molar-refractivity contribution in [2.24, 2.45) is 0 Å². The minimum atomic E-state index is -3.50. The number of anilines is 1. The summed E-state index contributed by atoms with van der Waals surface area (Å²) in [6.07, 6.45) is 6.29. The fraction of sp³-hybridized carbons (Fsp3) is 0.385. The number of aryl methyl sites for hydroxylation is 1. The zero-order chi connectivity index (χ0) is 15.1. The summed E-state index contributed by atoms with van der Waals surface area (Å²) in [5.74, 6) is 1.41. The minimum Gasteiger partial charge on any atom is -0.370 e. The third-order valence-corrected chi connectivity index (χ3v) is 4.30. The molecular formula is C13H19N5O2S. The Hall–Kier alpha value is -1.93. The first-order chi connectivity index (χ1) is 10.1. The number of hydrogen-bond donors (Lipinski definition) is 3. The smallest absolute Gasteiger partial charge is 0.240 e. The van der Waals surface area contributed by atoms with Crippen molar-refractivity contribution in [2.45, 2.75) is 24.7 Å². The maximum absolute atomic E-state index is 12.2. The van der Waals surface area contributed by atoms with Crippen molar-refractivity contribution in [1.82, 2.24) is 19.7 Å². The molecule has 0 aliphatic heterocycles. The summed E-state index contributed by atoms with van der Waals surface area (Å²) >= 11 is 0. The van der Waals surface area contributed by atoms with Gasteiger partial charge in [-0.2, -0.15) is 0 Å². The second kappa shape index (κ2) is 7.19. The highest BCUT2D eigenvalue weighted by Crippen LogP contribution is 2.12. The van der Waals surface area contributed by atoms with Crippen LogP contribution in [-0.4, -0.2) is 36.5 Å². The van der Waals surface area contributed by atoms with Crippen LogP contribution in [0.2, 0.25) is 0 Å². The van der Waals surface area contributed by atoms with Gasteiger partial charge in [0.05, 0.1) is 4.90 Å².